The number of sulfonamides is 1. The minimum atomic E-state index is -3.59. The van der Waals surface area contributed by atoms with Crippen LogP contribution in [0.4, 0.5) is 5.69 Å². The second kappa shape index (κ2) is 6.08. The first kappa shape index (κ1) is 16.5. The number of rotatable bonds is 3. The van der Waals surface area contributed by atoms with Crippen LogP contribution in [0.5, 0.6) is 0 Å². The zero-order valence-corrected chi connectivity index (χ0v) is 16.9. The number of hydrogen-bond acceptors (Lipinski definition) is 3. The number of halogens is 3. The van der Waals surface area contributed by atoms with Gasteiger partial charge in [0.1, 0.15) is 4.21 Å². The summed E-state index contributed by atoms with van der Waals surface area (Å²) in [5, 5.41) is 0. The topological polar surface area (TPSA) is 46.2 Å². The molecule has 0 radical (unpaired) electrons. The molecule has 2 rings (SSSR count). The van der Waals surface area contributed by atoms with Gasteiger partial charge < -0.3 is 0 Å². The van der Waals surface area contributed by atoms with Gasteiger partial charge in [0.15, 0.2) is 0 Å². The zero-order chi connectivity index (χ0) is 15.1. The van der Waals surface area contributed by atoms with Gasteiger partial charge in [-0.2, -0.15) is 0 Å². The van der Waals surface area contributed by atoms with E-state index in [9.17, 15) is 8.42 Å². The monoisotopic (exact) mass is 501 g/mol. The molecular formula is C12H10Br3NO2S2. The Kier molecular flexibility index (Phi) is 5.01. The molecule has 0 aliphatic carbocycles. The number of nitrogens with one attached hydrogen (secondary N) is 1. The molecule has 20 heavy (non-hydrogen) atoms. The van der Waals surface area contributed by atoms with Crippen LogP contribution < -0.4 is 4.72 Å². The molecule has 0 unspecified atom stereocenters. The molecule has 0 atom stereocenters. The van der Waals surface area contributed by atoms with E-state index in [1.807, 2.05) is 26.0 Å². The molecule has 2 aromatic rings. The predicted molar refractivity (Wildman–Crippen MR) is 94.1 cm³/mol. The molecule has 108 valence electrons. The van der Waals surface area contributed by atoms with Crippen molar-refractivity contribution in [3.05, 3.63) is 42.1 Å². The van der Waals surface area contributed by atoms with E-state index >= 15 is 0 Å². The lowest BCUT2D eigenvalue weighted by Gasteiger charge is -2.11. The van der Waals surface area contributed by atoms with Crippen molar-refractivity contribution < 1.29 is 8.42 Å². The van der Waals surface area contributed by atoms with Crippen LogP contribution in [-0.4, -0.2) is 8.42 Å². The van der Waals surface area contributed by atoms with Crippen LogP contribution in [-0.2, 0) is 10.0 Å². The highest BCUT2D eigenvalue weighted by Crippen LogP contribution is 2.36. The highest BCUT2D eigenvalue weighted by atomic mass is 79.9. The van der Waals surface area contributed by atoms with Crippen molar-refractivity contribution in [3.63, 3.8) is 0 Å². The molecule has 8 heteroatoms. The van der Waals surface area contributed by atoms with E-state index in [0.29, 0.717) is 14.6 Å². The predicted octanol–water partition coefficient (Wildman–Crippen LogP) is 5.45. The fourth-order valence-corrected chi connectivity index (χ4v) is 6.75. The largest absolute Gasteiger partial charge is 0.277 e. The SMILES string of the molecule is Cc1cc(Br)c(NS(=O)(=O)c2cc(C)c(Br)s2)c(Br)c1. The normalized spacial score (nSPS) is 11.7. The van der Waals surface area contributed by atoms with Crippen molar-refractivity contribution in [1.82, 2.24) is 0 Å². The molecule has 1 N–H and O–H groups in total. The number of hydrogen-bond donors (Lipinski definition) is 1. The molecule has 0 aliphatic heterocycles. The lowest BCUT2D eigenvalue weighted by atomic mass is 10.2. The Morgan fingerprint density at radius 2 is 1.60 bits per heavy atom. The lowest BCUT2D eigenvalue weighted by Crippen LogP contribution is -2.12. The molecule has 0 aliphatic rings. The van der Waals surface area contributed by atoms with Crippen LogP contribution in [0, 0.1) is 13.8 Å². The average Bonchev–Trinajstić information content (AvgIpc) is 2.65. The lowest BCUT2D eigenvalue weighted by molar-refractivity contribution is 0.603. The Morgan fingerprint density at radius 1 is 1.05 bits per heavy atom. The maximum Gasteiger partial charge on any atom is 0.271 e. The maximum absolute atomic E-state index is 12.4. The first-order valence-electron chi connectivity index (χ1n) is 5.45. The van der Waals surface area contributed by atoms with E-state index < -0.39 is 10.0 Å². The van der Waals surface area contributed by atoms with E-state index in [-0.39, 0.29) is 4.21 Å². The van der Waals surface area contributed by atoms with E-state index in [1.54, 1.807) is 6.07 Å². The highest BCUT2D eigenvalue weighted by molar-refractivity contribution is 9.11. The Morgan fingerprint density at radius 3 is 2.05 bits per heavy atom. The van der Waals surface area contributed by atoms with E-state index in [1.165, 1.54) is 11.3 Å². The van der Waals surface area contributed by atoms with E-state index in [4.69, 9.17) is 0 Å². The molecule has 3 nitrogen and oxygen atoms in total. The van der Waals surface area contributed by atoms with Crippen LogP contribution >= 0.6 is 59.1 Å². The molecule has 0 bridgehead atoms. The number of aryl methyl sites for hydroxylation is 2. The van der Waals surface area contributed by atoms with E-state index in [0.717, 1.165) is 14.9 Å². The molecule has 0 saturated carbocycles. The van der Waals surface area contributed by atoms with Crippen LogP contribution in [0.25, 0.3) is 0 Å². The third-order valence-corrected chi connectivity index (χ3v) is 7.73. The summed E-state index contributed by atoms with van der Waals surface area (Å²) in [6.45, 7) is 3.80. The van der Waals surface area contributed by atoms with Gasteiger partial charge in [-0.15, -0.1) is 11.3 Å². The number of benzene rings is 1. The van der Waals surface area contributed by atoms with Gasteiger partial charge in [0.2, 0.25) is 0 Å². The van der Waals surface area contributed by atoms with Gasteiger partial charge >= 0.3 is 0 Å². The van der Waals surface area contributed by atoms with Gasteiger partial charge in [0, 0.05) is 8.95 Å². The van der Waals surface area contributed by atoms with Gasteiger partial charge in [0.05, 0.1) is 9.47 Å². The van der Waals surface area contributed by atoms with Crippen molar-refractivity contribution in [2.24, 2.45) is 0 Å². The Labute approximate surface area is 147 Å². The summed E-state index contributed by atoms with van der Waals surface area (Å²) in [5.41, 5.74) is 2.43. The van der Waals surface area contributed by atoms with Crippen molar-refractivity contribution >= 4 is 74.8 Å². The van der Waals surface area contributed by atoms with Crippen LogP contribution in [0.15, 0.2) is 35.1 Å². The molecular weight excluding hydrogens is 494 g/mol. The van der Waals surface area contributed by atoms with Crippen LogP contribution in [0.3, 0.4) is 0 Å². The molecule has 1 aromatic heterocycles. The molecule has 0 spiro atoms. The quantitative estimate of drug-likeness (QED) is 0.605. The minimum absolute atomic E-state index is 0.279. The van der Waals surface area contributed by atoms with Gasteiger partial charge in [-0.25, -0.2) is 8.42 Å². The Bertz CT molecular complexity index is 726. The number of anilines is 1. The van der Waals surface area contributed by atoms with Crippen molar-refractivity contribution in [3.8, 4) is 0 Å². The fourth-order valence-electron chi connectivity index (χ4n) is 1.55. The van der Waals surface area contributed by atoms with Crippen molar-refractivity contribution in [2.75, 3.05) is 4.72 Å². The molecule has 1 aromatic carbocycles. The maximum atomic E-state index is 12.4. The molecule has 0 fully saturated rings. The molecule has 0 saturated heterocycles. The van der Waals surface area contributed by atoms with Gasteiger partial charge in [0.25, 0.3) is 10.0 Å². The Hall–Kier alpha value is 0.110. The minimum Gasteiger partial charge on any atom is -0.277 e. The third-order valence-electron chi connectivity index (χ3n) is 2.52. The summed E-state index contributed by atoms with van der Waals surface area (Å²) in [6, 6.07) is 5.36. The summed E-state index contributed by atoms with van der Waals surface area (Å²) in [6.07, 6.45) is 0. The summed E-state index contributed by atoms with van der Waals surface area (Å²) in [4.78, 5) is 0. The number of thiophene rings is 1. The van der Waals surface area contributed by atoms with Crippen LogP contribution in [0.2, 0.25) is 0 Å². The van der Waals surface area contributed by atoms with Gasteiger partial charge in [-0.3, -0.25) is 4.72 Å². The smallest absolute Gasteiger partial charge is 0.271 e. The average molecular weight is 504 g/mol. The zero-order valence-electron chi connectivity index (χ0n) is 10.5. The van der Waals surface area contributed by atoms with Gasteiger partial charge in [-0.1, -0.05) is 0 Å². The van der Waals surface area contributed by atoms with E-state index in [2.05, 4.69) is 52.5 Å². The summed E-state index contributed by atoms with van der Waals surface area (Å²) >= 11 is 11.3. The second-order valence-corrected chi connectivity index (χ2v) is 10.2. The fraction of sp³-hybridized carbons (Fsp3) is 0.167. The highest BCUT2D eigenvalue weighted by Gasteiger charge is 2.20. The van der Waals surface area contributed by atoms with Gasteiger partial charge in [-0.05, 0) is 91.0 Å². The molecule has 1 heterocycles. The Balaban J connectivity index is 2.43. The van der Waals surface area contributed by atoms with Crippen LogP contribution in [0.1, 0.15) is 11.1 Å². The van der Waals surface area contributed by atoms with Crippen molar-refractivity contribution in [2.45, 2.75) is 18.1 Å². The molecule has 0 amide bonds. The van der Waals surface area contributed by atoms with Crippen molar-refractivity contribution in [1.29, 1.82) is 0 Å². The summed E-state index contributed by atoms with van der Waals surface area (Å²) < 4.78 is 29.9. The second-order valence-electron chi connectivity index (χ2n) is 4.23. The standard InChI is InChI=1S/C12H10Br3NO2S2/c1-6-3-8(13)11(9(14)4-6)16-20(17,18)10-5-7(2)12(15)19-10/h3-5,16H,1-2H3. The third kappa shape index (κ3) is 3.47. The summed E-state index contributed by atoms with van der Waals surface area (Å²) in [5.74, 6) is 0. The first-order valence-corrected chi connectivity index (χ1v) is 10.1. The first-order chi connectivity index (χ1) is 9.20. The summed E-state index contributed by atoms with van der Waals surface area (Å²) in [7, 11) is -3.59.